The van der Waals surface area contributed by atoms with Crippen LogP contribution in [0, 0.1) is 5.41 Å². The van der Waals surface area contributed by atoms with Gasteiger partial charge in [-0.05, 0) is 51.1 Å². The molecule has 1 spiro atoms. The molecule has 2 heterocycles. The fraction of sp³-hybridized carbons (Fsp3) is 0.875. The molecule has 2 saturated heterocycles. The summed E-state index contributed by atoms with van der Waals surface area (Å²) >= 11 is 0. The number of hydrogen-bond donors (Lipinski definition) is 2. The summed E-state index contributed by atoms with van der Waals surface area (Å²) in [6, 6.07) is -0.590. The number of rotatable bonds is 4. The zero-order valence-electron chi connectivity index (χ0n) is 13.8. The van der Waals surface area contributed by atoms with Gasteiger partial charge in [0.25, 0.3) is 0 Å². The first-order valence-corrected chi connectivity index (χ1v) is 8.62. The molecule has 23 heavy (non-hydrogen) atoms. The lowest BCUT2D eigenvalue weighted by Crippen LogP contribution is -2.57. The second-order valence-corrected chi connectivity index (χ2v) is 7.26. The Kier molecular flexibility index (Phi) is 4.51. The molecule has 3 aliphatic rings. The number of amides is 2. The summed E-state index contributed by atoms with van der Waals surface area (Å²) < 4.78 is 0. The monoisotopic (exact) mass is 325 g/mol. The molecule has 2 unspecified atom stereocenters. The van der Waals surface area contributed by atoms with Crippen molar-refractivity contribution < 1.29 is 19.8 Å². The summed E-state index contributed by atoms with van der Waals surface area (Å²) in [7, 11) is 0. The van der Waals surface area contributed by atoms with Crippen molar-refractivity contribution in [1.29, 1.82) is 0 Å². The van der Waals surface area contributed by atoms with Gasteiger partial charge >= 0.3 is 6.09 Å². The van der Waals surface area contributed by atoms with Crippen molar-refractivity contribution in [1.82, 2.24) is 14.7 Å². The smallest absolute Gasteiger partial charge is 0.408 e. The first-order valence-electron chi connectivity index (χ1n) is 8.62. The molecule has 0 radical (unpaired) electrons. The van der Waals surface area contributed by atoms with Crippen LogP contribution >= 0.6 is 0 Å². The van der Waals surface area contributed by atoms with Crippen LogP contribution in [0.5, 0.6) is 0 Å². The number of likely N-dealkylation sites (tertiary alicyclic amines) is 1. The van der Waals surface area contributed by atoms with E-state index in [0.29, 0.717) is 19.6 Å². The zero-order valence-corrected chi connectivity index (χ0v) is 13.8. The lowest BCUT2D eigenvalue weighted by molar-refractivity contribution is -0.140. The Balaban J connectivity index is 1.41. The number of aliphatic hydroxyl groups is 1. The molecule has 2 atom stereocenters. The van der Waals surface area contributed by atoms with Crippen LogP contribution in [0.25, 0.3) is 0 Å². The predicted octanol–water partition coefficient (Wildman–Crippen LogP) is 0.434. The van der Waals surface area contributed by atoms with Crippen LogP contribution < -0.4 is 0 Å². The van der Waals surface area contributed by atoms with Crippen LogP contribution in [0.2, 0.25) is 0 Å². The highest BCUT2D eigenvalue weighted by molar-refractivity contribution is 5.86. The topological polar surface area (TPSA) is 84.3 Å². The van der Waals surface area contributed by atoms with Gasteiger partial charge in [-0.1, -0.05) is 0 Å². The van der Waals surface area contributed by atoms with Crippen LogP contribution in [0.15, 0.2) is 0 Å². The molecule has 3 fully saturated rings. The summed E-state index contributed by atoms with van der Waals surface area (Å²) in [6.45, 7) is 5.83. The summed E-state index contributed by atoms with van der Waals surface area (Å²) in [4.78, 5) is 28.5. The standard InChI is InChI=1S/C16H27N3O4/c1-12-14(21)18(9-10-19(12)15(22)23)7-2-6-17-8-5-16(3-4-16)13(20)11-17/h12-13,20H,2-11H2,1H3,(H,22,23). The van der Waals surface area contributed by atoms with E-state index in [0.717, 1.165) is 32.5 Å². The quantitative estimate of drug-likeness (QED) is 0.783. The molecule has 7 nitrogen and oxygen atoms in total. The van der Waals surface area contributed by atoms with Crippen molar-refractivity contribution in [3.05, 3.63) is 0 Å². The van der Waals surface area contributed by atoms with Crippen molar-refractivity contribution in [2.45, 2.75) is 44.8 Å². The lowest BCUT2D eigenvalue weighted by Gasteiger charge is -2.39. The molecule has 130 valence electrons. The molecule has 0 aromatic carbocycles. The lowest BCUT2D eigenvalue weighted by atomic mass is 9.90. The maximum atomic E-state index is 12.2. The molecule has 0 bridgehead atoms. The number of piperidine rings is 1. The van der Waals surface area contributed by atoms with Crippen molar-refractivity contribution in [2.75, 3.05) is 39.3 Å². The third-order valence-corrected chi connectivity index (χ3v) is 5.85. The van der Waals surface area contributed by atoms with E-state index in [4.69, 9.17) is 5.11 Å². The van der Waals surface area contributed by atoms with Crippen LogP contribution in [-0.4, -0.2) is 88.3 Å². The van der Waals surface area contributed by atoms with Gasteiger partial charge in [-0.2, -0.15) is 0 Å². The van der Waals surface area contributed by atoms with Gasteiger partial charge in [0, 0.05) is 26.2 Å². The number of carbonyl (C=O) groups excluding carboxylic acids is 1. The highest BCUT2D eigenvalue weighted by atomic mass is 16.4. The molecule has 1 aliphatic carbocycles. The van der Waals surface area contributed by atoms with Gasteiger partial charge in [0.05, 0.1) is 6.10 Å². The van der Waals surface area contributed by atoms with Gasteiger partial charge in [-0.15, -0.1) is 0 Å². The maximum absolute atomic E-state index is 12.2. The molecule has 0 aromatic rings. The van der Waals surface area contributed by atoms with Gasteiger partial charge in [0.2, 0.25) is 5.91 Å². The SMILES string of the molecule is CC1C(=O)N(CCCN2CCC3(CC3)C(O)C2)CCN1C(=O)O. The average molecular weight is 325 g/mol. The van der Waals surface area contributed by atoms with Crippen LogP contribution in [0.1, 0.15) is 32.6 Å². The third-order valence-electron chi connectivity index (χ3n) is 5.85. The maximum Gasteiger partial charge on any atom is 0.408 e. The normalized spacial score (nSPS) is 30.8. The Morgan fingerprint density at radius 2 is 1.96 bits per heavy atom. The number of carboxylic acid groups (broad SMARTS) is 1. The van der Waals surface area contributed by atoms with E-state index in [1.54, 1.807) is 11.8 Å². The van der Waals surface area contributed by atoms with Crippen molar-refractivity contribution in [3.63, 3.8) is 0 Å². The van der Waals surface area contributed by atoms with Gasteiger partial charge in [0.15, 0.2) is 0 Å². The van der Waals surface area contributed by atoms with Crippen LogP contribution in [0.4, 0.5) is 4.79 Å². The summed E-state index contributed by atoms with van der Waals surface area (Å²) in [5, 5.41) is 19.3. The average Bonchev–Trinajstić information content (AvgIpc) is 3.28. The van der Waals surface area contributed by atoms with E-state index in [9.17, 15) is 14.7 Å². The molecular formula is C16H27N3O4. The van der Waals surface area contributed by atoms with Crippen molar-refractivity contribution >= 4 is 12.0 Å². The Morgan fingerprint density at radius 3 is 2.57 bits per heavy atom. The van der Waals surface area contributed by atoms with Gasteiger partial charge in [-0.25, -0.2) is 4.79 Å². The number of nitrogens with zero attached hydrogens (tertiary/aromatic N) is 3. The first kappa shape index (κ1) is 16.5. The van der Waals surface area contributed by atoms with Crippen molar-refractivity contribution in [2.24, 2.45) is 5.41 Å². The Labute approximate surface area is 136 Å². The highest BCUT2D eigenvalue weighted by Gasteiger charge is 2.51. The van der Waals surface area contributed by atoms with E-state index in [-0.39, 0.29) is 17.4 Å². The highest BCUT2D eigenvalue weighted by Crippen LogP contribution is 2.53. The van der Waals surface area contributed by atoms with E-state index >= 15 is 0 Å². The molecule has 2 N–H and O–H groups in total. The van der Waals surface area contributed by atoms with Gasteiger partial charge in [0.1, 0.15) is 6.04 Å². The Bertz CT molecular complexity index is 480. The summed E-state index contributed by atoms with van der Waals surface area (Å²) in [5.74, 6) is -0.103. The summed E-state index contributed by atoms with van der Waals surface area (Å²) in [6.07, 6.45) is 3.07. The minimum Gasteiger partial charge on any atom is -0.465 e. The largest absolute Gasteiger partial charge is 0.465 e. The fourth-order valence-corrected chi connectivity index (χ4v) is 3.92. The molecule has 3 rings (SSSR count). The van der Waals surface area contributed by atoms with Crippen LogP contribution in [0.3, 0.4) is 0 Å². The first-order chi connectivity index (χ1) is 10.9. The fourth-order valence-electron chi connectivity index (χ4n) is 3.92. The number of β-amino-alcohol motifs (C(OH)–C–C–N with tert-alkyl or cyclic N) is 1. The van der Waals surface area contributed by atoms with E-state index < -0.39 is 12.1 Å². The molecular weight excluding hydrogens is 298 g/mol. The van der Waals surface area contributed by atoms with Gasteiger partial charge in [-0.3, -0.25) is 9.69 Å². The Hall–Kier alpha value is -1.34. The minimum absolute atomic E-state index is 0.103. The Morgan fingerprint density at radius 1 is 1.22 bits per heavy atom. The predicted molar refractivity (Wildman–Crippen MR) is 84.1 cm³/mol. The summed E-state index contributed by atoms with van der Waals surface area (Å²) in [5.41, 5.74) is 0.231. The van der Waals surface area contributed by atoms with E-state index in [1.807, 2.05) is 0 Å². The number of hydrogen-bond acceptors (Lipinski definition) is 4. The van der Waals surface area contributed by atoms with Gasteiger partial charge < -0.3 is 20.0 Å². The molecule has 7 heteroatoms. The molecule has 0 aromatic heterocycles. The third kappa shape index (κ3) is 3.30. The minimum atomic E-state index is -1.03. The second kappa shape index (κ2) is 6.28. The molecule has 2 amide bonds. The van der Waals surface area contributed by atoms with E-state index in [2.05, 4.69) is 4.90 Å². The molecule has 1 saturated carbocycles. The van der Waals surface area contributed by atoms with Crippen molar-refractivity contribution in [3.8, 4) is 0 Å². The van der Waals surface area contributed by atoms with E-state index in [1.165, 1.54) is 17.7 Å². The number of carbonyl (C=O) groups is 2. The van der Waals surface area contributed by atoms with Crippen LogP contribution in [-0.2, 0) is 4.79 Å². The number of piperazine rings is 1. The zero-order chi connectivity index (χ0) is 16.6. The molecule has 2 aliphatic heterocycles. The number of aliphatic hydroxyl groups excluding tert-OH is 1. The second-order valence-electron chi connectivity index (χ2n) is 7.26.